The lowest BCUT2D eigenvalue weighted by molar-refractivity contribution is 0.444. The van der Waals surface area contributed by atoms with E-state index in [0.29, 0.717) is 39.1 Å². The first-order chi connectivity index (χ1) is 13.5. The molecule has 142 valence electrons. The third kappa shape index (κ3) is 4.03. The Morgan fingerprint density at radius 1 is 1.04 bits per heavy atom. The van der Waals surface area contributed by atoms with Crippen LogP contribution in [0.4, 0.5) is 10.2 Å². The smallest absolute Gasteiger partial charge is 0.324 e. The number of nitrogens with zero attached hydrogens (tertiary/aromatic N) is 2. The Labute approximate surface area is 170 Å². The van der Waals surface area contributed by atoms with Crippen molar-refractivity contribution in [1.82, 2.24) is 9.97 Å². The Morgan fingerprint density at radius 3 is 2.64 bits per heavy atom. The molecular formula is C20H14Cl2FN3O2. The number of hydrogen-bond acceptors (Lipinski definition) is 5. The van der Waals surface area contributed by atoms with Crippen molar-refractivity contribution in [2.24, 2.45) is 0 Å². The zero-order valence-electron chi connectivity index (χ0n) is 14.7. The number of rotatable bonds is 5. The number of ether oxygens (including phenoxy) is 1. The van der Waals surface area contributed by atoms with Crippen molar-refractivity contribution in [3.05, 3.63) is 75.9 Å². The van der Waals surface area contributed by atoms with Crippen molar-refractivity contribution < 1.29 is 13.5 Å². The van der Waals surface area contributed by atoms with Crippen molar-refractivity contribution in [2.45, 2.75) is 13.5 Å². The number of aryl methyl sites for hydroxylation is 1. The standard InChI is InChI=1S/C20H14Cl2FN3O2/c1-11-2-4-14(27-11)10-24-19-15-8-12(23)3-7-18(15)25-20(26-19)28-13-5-6-16(21)17(22)9-13/h2-9H,10H2,1H3,(H,24,25,26). The number of nitrogens with one attached hydrogen (secondary N) is 1. The molecule has 0 spiro atoms. The first-order valence-electron chi connectivity index (χ1n) is 8.37. The molecule has 0 saturated heterocycles. The van der Waals surface area contributed by atoms with E-state index < -0.39 is 0 Å². The summed E-state index contributed by atoms with van der Waals surface area (Å²) in [7, 11) is 0. The summed E-state index contributed by atoms with van der Waals surface area (Å²) in [4.78, 5) is 8.73. The van der Waals surface area contributed by atoms with Gasteiger partial charge in [-0.05, 0) is 49.4 Å². The van der Waals surface area contributed by atoms with Gasteiger partial charge in [0.25, 0.3) is 0 Å². The van der Waals surface area contributed by atoms with Gasteiger partial charge in [0.1, 0.15) is 28.9 Å². The van der Waals surface area contributed by atoms with Gasteiger partial charge in [-0.2, -0.15) is 9.97 Å². The molecule has 0 radical (unpaired) electrons. The molecule has 2 aromatic carbocycles. The molecule has 2 aromatic heterocycles. The summed E-state index contributed by atoms with van der Waals surface area (Å²) in [5.41, 5.74) is 0.532. The van der Waals surface area contributed by atoms with Crippen molar-refractivity contribution >= 4 is 39.9 Å². The van der Waals surface area contributed by atoms with Gasteiger partial charge in [-0.25, -0.2) is 4.39 Å². The lowest BCUT2D eigenvalue weighted by Gasteiger charge is -2.11. The van der Waals surface area contributed by atoms with Crippen LogP contribution in [0, 0.1) is 12.7 Å². The van der Waals surface area contributed by atoms with E-state index in [9.17, 15) is 4.39 Å². The van der Waals surface area contributed by atoms with E-state index in [1.807, 2.05) is 19.1 Å². The highest BCUT2D eigenvalue weighted by atomic mass is 35.5. The second kappa shape index (κ2) is 7.66. The van der Waals surface area contributed by atoms with Crippen molar-refractivity contribution in [2.75, 3.05) is 5.32 Å². The summed E-state index contributed by atoms with van der Waals surface area (Å²) < 4.78 is 25.0. The number of hydrogen-bond donors (Lipinski definition) is 1. The number of aromatic nitrogens is 2. The Kier molecular flexibility index (Phi) is 5.07. The normalized spacial score (nSPS) is 11.0. The highest BCUT2D eigenvalue weighted by Crippen LogP contribution is 2.30. The Bertz CT molecular complexity index is 1160. The van der Waals surface area contributed by atoms with Gasteiger partial charge in [0.2, 0.25) is 0 Å². The number of furan rings is 1. The quantitative estimate of drug-likeness (QED) is 0.408. The lowest BCUT2D eigenvalue weighted by atomic mass is 10.2. The zero-order valence-corrected chi connectivity index (χ0v) is 16.2. The molecule has 0 unspecified atom stereocenters. The van der Waals surface area contributed by atoms with Gasteiger partial charge in [-0.3, -0.25) is 0 Å². The molecule has 0 aliphatic heterocycles. The van der Waals surface area contributed by atoms with Gasteiger partial charge < -0.3 is 14.5 Å². The topological polar surface area (TPSA) is 60.2 Å². The molecule has 0 aliphatic carbocycles. The lowest BCUT2D eigenvalue weighted by Crippen LogP contribution is -2.04. The van der Waals surface area contributed by atoms with Crippen LogP contribution in [-0.4, -0.2) is 9.97 Å². The number of fused-ring (bicyclic) bond motifs is 1. The molecule has 0 amide bonds. The maximum absolute atomic E-state index is 13.8. The molecule has 0 bridgehead atoms. The van der Waals surface area contributed by atoms with Crippen LogP contribution in [0.1, 0.15) is 11.5 Å². The Morgan fingerprint density at radius 2 is 1.89 bits per heavy atom. The maximum atomic E-state index is 13.8. The second-order valence-electron chi connectivity index (χ2n) is 6.06. The molecular weight excluding hydrogens is 404 g/mol. The highest BCUT2D eigenvalue weighted by Gasteiger charge is 2.12. The fourth-order valence-electron chi connectivity index (χ4n) is 2.66. The highest BCUT2D eigenvalue weighted by molar-refractivity contribution is 6.42. The fourth-order valence-corrected chi connectivity index (χ4v) is 2.94. The summed E-state index contributed by atoms with van der Waals surface area (Å²) in [5.74, 6) is 2.01. The van der Waals surface area contributed by atoms with E-state index in [-0.39, 0.29) is 11.8 Å². The summed E-state index contributed by atoms with van der Waals surface area (Å²) in [5, 5.41) is 4.46. The monoisotopic (exact) mass is 417 g/mol. The number of halogens is 3. The minimum atomic E-state index is -0.383. The molecule has 8 heteroatoms. The van der Waals surface area contributed by atoms with Crippen LogP contribution >= 0.6 is 23.2 Å². The predicted molar refractivity (Wildman–Crippen MR) is 107 cm³/mol. The summed E-state index contributed by atoms with van der Waals surface area (Å²) in [6, 6.07) is 12.9. The second-order valence-corrected chi connectivity index (χ2v) is 6.87. The van der Waals surface area contributed by atoms with E-state index >= 15 is 0 Å². The van der Waals surface area contributed by atoms with E-state index in [4.69, 9.17) is 32.4 Å². The number of anilines is 1. The summed E-state index contributed by atoms with van der Waals surface area (Å²) in [6.45, 7) is 2.24. The maximum Gasteiger partial charge on any atom is 0.324 e. The van der Waals surface area contributed by atoms with E-state index in [1.54, 1.807) is 24.3 Å². The van der Waals surface area contributed by atoms with Crippen molar-refractivity contribution in [3.63, 3.8) is 0 Å². The first-order valence-corrected chi connectivity index (χ1v) is 9.13. The minimum Gasteiger partial charge on any atom is -0.465 e. The first kappa shape index (κ1) is 18.5. The van der Waals surface area contributed by atoms with Crippen LogP contribution in [0.2, 0.25) is 10.0 Å². The Balaban J connectivity index is 1.68. The molecule has 2 heterocycles. The average molecular weight is 418 g/mol. The zero-order chi connectivity index (χ0) is 19.7. The molecule has 0 aliphatic rings. The third-order valence-corrected chi connectivity index (χ3v) is 4.70. The van der Waals surface area contributed by atoms with Gasteiger partial charge in [-0.1, -0.05) is 23.2 Å². The average Bonchev–Trinajstić information content (AvgIpc) is 3.08. The van der Waals surface area contributed by atoms with E-state index in [2.05, 4.69) is 15.3 Å². The summed E-state index contributed by atoms with van der Waals surface area (Å²) >= 11 is 12.0. The van der Waals surface area contributed by atoms with Crippen LogP contribution in [0.3, 0.4) is 0 Å². The van der Waals surface area contributed by atoms with Crippen LogP contribution in [-0.2, 0) is 6.54 Å². The van der Waals surface area contributed by atoms with E-state index in [0.717, 1.165) is 11.5 Å². The molecule has 1 N–H and O–H groups in total. The third-order valence-electron chi connectivity index (χ3n) is 3.96. The molecule has 0 fully saturated rings. The van der Waals surface area contributed by atoms with Gasteiger partial charge in [-0.15, -0.1) is 0 Å². The van der Waals surface area contributed by atoms with E-state index in [1.165, 1.54) is 12.1 Å². The Hall–Kier alpha value is -2.83. The molecule has 0 saturated carbocycles. The summed E-state index contributed by atoms with van der Waals surface area (Å²) in [6.07, 6.45) is 0. The molecule has 0 atom stereocenters. The molecule has 4 rings (SSSR count). The molecule has 4 aromatic rings. The van der Waals surface area contributed by atoms with Crippen molar-refractivity contribution in [3.8, 4) is 11.8 Å². The van der Waals surface area contributed by atoms with Gasteiger partial charge in [0, 0.05) is 11.5 Å². The van der Waals surface area contributed by atoms with Crippen molar-refractivity contribution in [1.29, 1.82) is 0 Å². The fraction of sp³-hybridized carbons (Fsp3) is 0.100. The minimum absolute atomic E-state index is 0.0932. The van der Waals surface area contributed by atoms with Gasteiger partial charge in [0.05, 0.1) is 22.1 Å². The largest absolute Gasteiger partial charge is 0.465 e. The van der Waals surface area contributed by atoms with Crippen LogP contribution in [0.5, 0.6) is 11.8 Å². The van der Waals surface area contributed by atoms with Crippen LogP contribution in [0.25, 0.3) is 10.9 Å². The van der Waals surface area contributed by atoms with Crippen LogP contribution in [0.15, 0.2) is 52.9 Å². The SMILES string of the molecule is Cc1ccc(CNc2nc(Oc3ccc(Cl)c(Cl)c3)nc3ccc(F)cc23)o1. The molecule has 5 nitrogen and oxygen atoms in total. The molecule has 28 heavy (non-hydrogen) atoms. The van der Waals surface area contributed by atoms with Gasteiger partial charge in [0.15, 0.2) is 0 Å². The van der Waals surface area contributed by atoms with Gasteiger partial charge >= 0.3 is 6.01 Å². The van der Waals surface area contributed by atoms with Crippen LogP contribution < -0.4 is 10.1 Å². The number of benzene rings is 2. The predicted octanol–water partition coefficient (Wildman–Crippen LogP) is 6.38.